The van der Waals surface area contributed by atoms with Gasteiger partial charge in [0.25, 0.3) is 23.6 Å². The molecule has 2 aromatic carbocycles. The molecular formula is C53H53BrN10O4. The highest BCUT2D eigenvalue weighted by molar-refractivity contribution is 9.10. The van der Waals surface area contributed by atoms with Gasteiger partial charge < -0.3 is 10.6 Å². The Morgan fingerprint density at radius 3 is 1.43 bits per heavy atom. The van der Waals surface area contributed by atoms with Gasteiger partial charge in [0.1, 0.15) is 11.6 Å². The van der Waals surface area contributed by atoms with E-state index in [0.29, 0.717) is 28.1 Å². The Morgan fingerprint density at radius 1 is 0.544 bits per heavy atom. The molecule has 0 radical (unpaired) electrons. The van der Waals surface area contributed by atoms with E-state index in [1.807, 2.05) is 128 Å². The van der Waals surface area contributed by atoms with Gasteiger partial charge in [-0.05, 0) is 153 Å². The van der Waals surface area contributed by atoms with Crippen molar-refractivity contribution in [3.05, 3.63) is 178 Å². The van der Waals surface area contributed by atoms with E-state index >= 15 is 0 Å². The standard InChI is InChI=1S/C26H25N5O2.C18H17BrN4O.C9H11NO/c1-17-6-11-24(28-15-17)31(21-4-3-5-21)26(33)20-12-13-30-23(14-20)22(16-29-30)18-7-9-19(10-8-18)25(32)27-2;1-12-5-6-17(20-10-12)23(14-3-2-4-14)18(24)13-7-8-22-16(9-13)15(19)11-21-22;1-7-3-5-8(6-4-7)9(11)10-2/h6-16,21H,3-5H2,1-2H3,(H,27,32);5-11,14H,2-4H2,1H3;3-6H,1-2H3,(H,10,11). The summed E-state index contributed by atoms with van der Waals surface area (Å²) in [4.78, 5) is 62.4. The molecule has 14 nitrogen and oxygen atoms in total. The number of aryl methyl sites for hydroxylation is 3. The Hall–Kier alpha value is -7.52. The molecule has 15 heteroatoms. The first-order valence-electron chi connectivity index (χ1n) is 22.7. The van der Waals surface area contributed by atoms with Gasteiger partial charge in [0.2, 0.25) is 0 Å². The highest BCUT2D eigenvalue weighted by atomic mass is 79.9. The Balaban J connectivity index is 0.000000155. The molecule has 0 unspecified atom stereocenters. The van der Waals surface area contributed by atoms with Crippen molar-refractivity contribution in [2.75, 3.05) is 23.9 Å². The lowest BCUT2D eigenvalue weighted by Gasteiger charge is -2.36. The van der Waals surface area contributed by atoms with E-state index < -0.39 is 0 Å². The van der Waals surface area contributed by atoms with Crippen molar-refractivity contribution in [1.82, 2.24) is 39.8 Å². The maximum atomic E-state index is 13.6. The third-order valence-corrected chi connectivity index (χ3v) is 12.9. The summed E-state index contributed by atoms with van der Waals surface area (Å²) in [5.41, 5.74) is 9.40. The van der Waals surface area contributed by atoms with Crippen LogP contribution in [0.25, 0.3) is 22.2 Å². The van der Waals surface area contributed by atoms with Crippen LogP contribution < -0.4 is 20.4 Å². The Labute approximate surface area is 403 Å². The summed E-state index contributed by atoms with van der Waals surface area (Å²) in [5.74, 6) is 1.18. The van der Waals surface area contributed by atoms with Gasteiger partial charge in [-0.25, -0.2) is 19.0 Å². The van der Waals surface area contributed by atoms with Gasteiger partial charge in [0, 0.05) is 78.8 Å². The fourth-order valence-corrected chi connectivity index (χ4v) is 8.29. The predicted molar refractivity (Wildman–Crippen MR) is 268 cm³/mol. The normalized spacial score (nSPS) is 13.2. The minimum atomic E-state index is -0.130. The van der Waals surface area contributed by atoms with E-state index in [0.717, 1.165) is 87.7 Å². The minimum absolute atomic E-state index is 0.00773. The number of carbonyl (C=O) groups excluding carboxylic acids is 4. The number of anilines is 2. The van der Waals surface area contributed by atoms with E-state index in [1.54, 1.807) is 59.9 Å². The average molecular weight is 974 g/mol. The van der Waals surface area contributed by atoms with Gasteiger partial charge in [-0.15, -0.1) is 0 Å². The van der Waals surface area contributed by atoms with Crippen molar-refractivity contribution in [1.29, 1.82) is 0 Å². The molecule has 2 aliphatic carbocycles. The number of nitrogens with one attached hydrogen (secondary N) is 2. The summed E-state index contributed by atoms with van der Waals surface area (Å²) in [6.07, 6.45) is 17.1. The van der Waals surface area contributed by atoms with Crippen molar-refractivity contribution < 1.29 is 19.2 Å². The Kier molecular flexibility index (Phi) is 14.5. The van der Waals surface area contributed by atoms with Crippen molar-refractivity contribution in [2.45, 2.75) is 71.4 Å². The molecule has 0 spiro atoms. The summed E-state index contributed by atoms with van der Waals surface area (Å²) in [6.45, 7) is 5.98. The molecule has 346 valence electrons. The topological polar surface area (TPSA) is 159 Å². The summed E-state index contributed by atoms with van der Waals surface area (Å²) < 4.78 is 4.38. The van der Waals surface area contributed by atoms with E-state index in [4.69, 9.17) is 0 Å². The average Bonchev–Trinajstić information content (AvgIpc) is 3.94. The molecule has 4 amide bonds. The van der Waals surface area contributed by atoms with Gasteiger partial charge in [0.05, 0.1) is 27.9 Å². The lowest BCUT2D eigenvalue weighted by Crippen LogP contribution is -2.45. The van der Waals surface area contributed by atoms with Gasteiger partial charge >= 0.3 is 0 Å². The first kappa shape index (κ1) is 47.0. The molecular weight excluding hydrogens is 921 g/mol. The second kappa shape index (κ2) is 21.0. The van der Waals surface area contributed by atoms with Crippen molar-refractivity contribution in [3.63, 3.8) is 0 Å². The SMILES string of the molecule is CNC(=O)c1ccc(-c2cnn3ccc(C(=O)N(c4ccc(C)cn4)C4CCC4)cc23)cc1.CNC(=O)c1ccc(C)cc1.Cc1ccc(N(C(=O)c2ccn3ncc(Br)c3c2)C2CCC2)nc1. The van der Waals surface area contributed by atoms with Crippen LogP contribution in [0.4, 0.5) is 11.6 Å². The maximum Gasteiger partial charge on any atom is 0.259 e. The second-order valence-electron chi connectivity index (χ2n) is 17.1. The number of nitrogens with zero attached hydrogens (tertiary/aromatic N) is 8. The maximum absolute atomic E-state index is 13.6. The Morgan fingerprint density at radius 2 is 0.985 bits per heavy atom. The fraction of sp³-hybridized carbons (Fsp3) is 0.245. The molecule has 0 atom stereocenters. The monoisotopic (exact) mass is 972 g/mol. The number of pyridine rings is 4. The van der Waals surface area contributed by atoms with Gasteiger partial charge in [-0.1, -0.05) is 42.0 Å². The number of amides is 4. The molecule has 6 heterocycles. The van der Waals surface area contributed by atoms with E-state index in [2.05, 4.69) is 46.7 Å². The van der Waals surface area contributed by atoms with Crippen LogP contribution in [0.5, 0.6) is 0 Å². The number of benzene rings is 2. The summed E-state index contributed by atoms with van der Waals surface area (Å²) >= 11 is 3.47. The molecule has 0 bridgehead atoms. The van der Waals surface area contributed by atoms with Crippen LogP contribution in [-0.4, -0.2) is 79.0 Å². The molecule has 0 aliphatic heterocycles. The highest BCUT2D eigenvalue weighted by Gasteiger charge is 2.33. The third-order valence-electron chi connectivity index (χ3n) is 12.3. The van der Waals surface area contributed by atoms with E-state index in [1.165, 1.54) is 0 Å². The van der Waals surface area contributed by atoms with Crippen LogP contribution >= 0.6 is 15.9 Å². The predicted octanol–water partition coefficient (Wildman–Crippen LogP) is 9.62. The van der Waals surface area contributed by atoms with Crippen LogP contribution in [0, 0.1) is 20.8 Å². The molecule has 8 aromatic rings. The summed E-state index contributed by atoms with van der Waals surface area (Å²) in [6, 6.07) is 30.5. The fourth-order valence-electron chi connectivity index (χ4n) is 7.90. The number of hydrogen-bond acceptors (Lipinski definition) is 8. The molecule has 0 saturated heterocycles. The highest BCUT2D eigenvalue weighted by Crippen LogP contribution is 2.33. The number of rotatable bonds is 9. The number of aromatic nitrogens is 6. The summed E-state index contributed by atoms with van der Waals surface area (Å²) in [7, 11) is 3.24. The number of halogens is 1. The smallest absolute Gasteiger partial charge is 0.259 e. The second-order valence-corrected chi connectivity index (χ2v) is 17.9. The zero-order valence-corrected chi connectivity index (χ0v) is 40.3. The van der Waals surface area contributed by atoms with Crippen LogP contribution in [0.3, 0.4) is 0 Å². The number of fused-ring (bicyclic) bond motifs is 2. The van der Waals surface area contributed by atoms with Crippen molar-refractivity contribution in [2.24, 2.45) is 0 Å². The largest absolute Gasteiger partial charge is 0.355 e. The lowest BCUT2D eigenvalue weighted by molar-refractivity contribution is 0.0955. The van der Waals surface area contributed by atoms with Gasteiger partial charge in [0.15, 0.2) is 0 Å². The van der Waals surface area contributed by atoms with Crippen LogP contribution in [0.15, 0.2) is 139 Å². The van der Waals surface area contributed by atoms with Gasteiger partial charge in [-0.2, -0.15) is 10.2 Å². The number of carbonyl (C=O) groups is 4. The van der Waals surface area contributed by atoms with Crippen molar-refractivity contribution >= 4 is 62.2 Å². The zero-order valence-electron chi connectivity index (χ0n) is 38.7. The molecule has 2 N–H and O–H groups in total. The number of hydrogen-bond donors (Lipinski definition) is 2. The third kappa shape index (κ3) is 10.4. The molecule has 6 aromatic heterocycles. The quantitative estimate of drug-likeness (QED) is 0.145. The Bertz CT molecular complexity index is 3070. The molecule has 68 heavy (non-hydrogen) atoms. The van der Waals surface area contributed by atoms with E-state index in [-0.39, 0.29) is 35.7 Å². The summed E-state index contributed by atoms with van der Waals surface area (Å²) in [5, 5.41) is 13.9. The first-order chi connectivity index (χ1) is 32.9. The van der Waals surface area contributed by atoms with E-state index in [9.17, 15) is 19.2 Å². The minimum Gasteiger partial charge on any atom is -0.355 e. The zero-order chi connectivity index (χ0) is 47.9. The van der Waals surface area contributed by atoms with Gasteiger partial charge in [-0.3, -0.25) is 29.0 Å². The molecule has 2 fully saturated rings. The molecule has 10 rings (SSSR count). The van der Waals surface area contributed by atoms with Crippen LogP contribution in [0.2, 0.25) is 0 Å². The molecule has 2 saturated carbocycles. The van der Waals surface area contributed by atoms with Crippen molar-refractivity contribution in [3.8, 4) is 11.1 Å². The van der Waals surface area contributed by atoms with Crippen LogP contribution in [-0.2, 0) is 0 Å². The lowest BCUT2D eigenvalue weighted by atomic mass is 9.91. The molecule has 2 aliphatic rings. The van der Waals surface area contributed by atoms with Crippen LogP contribution in [0.1, 0.15) is 96.6 Å². The first-order valence-corrected chi connectivity index (χ1v) is 23.5.